The van der Waals surface area contributed by atoms with Crippen molar-refractivity contribution in [1.29, 1.82) is 0 Å². The molecule has 0 radical (unpaired) electrons. The van der Waals surface area contributed by atoms with Gasteiger partial charge in [-0.2, -0.15) is 0 Å². The van der Waals surface area contributed by atoms with Gasteiger partial charge in [0.15, 0.2) is 11.0 Å². The highest BCUT2D eigenvalue weighted by molar-refractivity contribution is 5.90. The number of nitrogens with zero attached hydrogens (tertiary/aromatic N) is 2. The van der Waals surface area contributed by atoms with Crippen molar-refractivity contribution in [2.75, 3.05) is 0 Å². The first-order valence-corrected chi connectivity index (χ1v) is 4.09. The summed E-state index contributed by atoms with van der Waals surface area (Å²) in [5.41, 5.74) is 6.24. The van der Waals surface area contributed by atoms with E-state index in [0.29, 0.717) is 15.8 Å². The number of rotatable bonds is 1. The van der Waals surface area contributed by atoms with Gasteiger partial charge in [0.05, 0.1) is 7.05 Å². The van der Waals surface area contributed by atoms with Gasteiger partial charge in [-0.15, -0.1) is 0 Å². The highest BCUT2D eigenvalue weighted by Gasteiger charge is 2.22. The number of benzene rings is 1. The molecule has 5 heteroatoms. The van der Waals surface area contributed by atoms with Crippen LogP contribution in [-0.4, -0.2) is 10.5 Å². The third-order valence-corrected chi connectivity index (χ3v) is 2.19. The molecule has 0 spiro atoms. The average molecular weight is 191 g/mol. The molecule has 1 amide bonds. The number of imidazole rings is 1. The number of hydrogen-bond donors (Lipinski definition) is 1. The van der Waals surface area contributed by atoms with E-state index in [4.69, 9.17) is 5.73 Å². The van der Waals surface area contributed by atoms with E-state index < -0.39 is 5.91 Å². The second-order valence-electron chi connectivity index (χ2n) is 3.03. The monoisotopic (exact) mass is 191 g/mol. The molecular weight excluding hydrogens is 182 g/mol. The molecule has 0 aliphatic heterocycles. The lowest BCUT2D eigenvalue weighted by molar-refractivity contribution is -0.580. The van der Waals surface area contributed by atoms with E-state index in [-0.39, 0.29) is 5.82 Å². The predicted molar refractivity (Wildman–Crippen MR) is 50.4 cm³/mol. The number of nitrogens with two attached hydrogens (primary N) is 1. The van der Waals surface area contributed by atoms with Gasteiger partial charge >= 0.3 is 11.7 Å². The van der Waals surface area contributed by atoms with Crippen molar-refractivity contribution in [3.63, 3.8) is 0 Å². The Bertz CT molecular complexity index is 477. The molecule has 0 aliphatic rings. The minimum absolute atomic E-state index is 0.0498. The quantitative estimate of drug-likeness (QED) is 0.505. The number of amides is 1. The molecule has 1 aromatic carbocycles. The fourth-order valence-electron chi connectivity index (χ4n) is 1.55. The summed E-state index contributed by atoms with van der Waals surface area (Å²) in [6.07, 6.45) is 0. The molecule has 1 heterocycles. The van der Waals surface area contributed by atoms with Crippen LogP contribution in [0.1, 0.15) is 10.6 Å². The summed E-state index contributed by atoms with van der Waals surface area (Å²) in [6, 6.07) is 6.94. The fourth-order valence-corrected chi connectivity index (χ4v) is 1.55. The van der Waals surface area contributed by atoms with Crippen molar-refractivity contribution in [1.82, 2.24) is 4.57 Å². The van der Waals surface area contributed by atoms with E-state index in [1.54, 1.807) is 31.3 Å². The van der Waals surface area contributed by atoms with Crippen LogP contribution in [0.2, 0.25) is 0 Å². The van der Waals surface area contributed by atoms with Gasteiger partial charge in [0.25, 0.3) is 0 Å². The Kier molecular flexibility index (Phi) is 1.67. The van der Waals surface area contributed by atoms with Gasteiger partial charge in [0, 0.05) is 0 Å². The minimum atomic E-state index is -0.723. The van der Waals surface area contributed by atoms with E-state index in [1.165, 1.54) is 4.57 Å². The molecule has 2 N–H and O–H groups in total. The van der Waals surface area contributed by atoms with Crippen molar-refractivity contribution in [2.24, 2.45) is 12.8 Å². The second-order valence-corrected chi connectivity index (χ2v) is 3.03. The van der Waals surface area contributed by atoms with Gasteiger partial charge < -0.3 is 10.9 Å². The van der Waals surface area contributed by atoms with Gasteiger partial charge in [0.1, 0.15) is 0 Å². The Balaban J connectivity index is 2.92. The summed E-state index contributed by atoms with van der Waals surface area (Å²) in [6.45, 7) is 0. The zero-order chi connectivity index (χ0) is 10.3. The Hall–Kier alpha value is -2.04. The molecule has 14 heavy (non-hydrogen) atoms. The fraction of sp³-hybridized carbons (Fsp3) is 0.111. The Labute approximate surface area is 79.9 Å². The lowest BCUT2D eigenvalue weighted by atomic mass is 10.3. The molecule has 2 aromatic rings. The van der Waals surface area contributed by atoms with E-state index in [1.807, 2.05) is 0 Å². The maximum Gasteiger partial charge on any atom is 0.351 e. The molecule has 0 bridgehead atoms. The van der Waals surface area contributed by atoms with Crippen LogP contribution >= 0.6 is 0 Å². The summed E-state index contributed by atoms with van der Waals surface area (Å²) in [5, 5.41) is 11.6. The maximum absolute atomic E-state index is 11.6. The third kappa shape index (κ3) is 0.953. The van der Waals surface area contributed by atoms with Crippen molar-refractivity contribution in [3.05, 3.63) is 35.3 Å². The number of carbonyl (C=O) groups excluding carboxylic acids is 1. The predicted octanol–water partition coefficient (Wildman–Crippen LogP) is -0.0894. The molecule has 0 saturated carbocycles. The second kappa shape index (κ2) is 2.73. The standard InChI is InChI=1S/C9H9N3O2/c1-11-6-4-2-3-5-7(6)12(14)9(11)8(10)13/h2-5H,1H3,(H2,10,13). The number of primary amides is 1. The molecule has 5 nitrogen and oxygen atoms in total. The maximum atomic E-state index is 11.6. The number of aromatic nitrogens is 2. The zero-order valence-electron chi connectivity index (χ0n) is 7.60. The van der Waals surface area contributed by atoms with Gasteiger partial charge in [-0.3, -0.25) is 4.79 Å². The van der Waals surface area contributed by atoms with Crippen LogP contribution in [0.4, 0.5) is 0 Å². The highest BCUT2D eigenvalue weighted by atomic mass is 16.5. The number of carbonyl (C=O) groups is 1. The first kappa shape index (κ1) is 8.55. The number of hydrogen-bond acceptors (Lipinski definition) is 2. The number of fused-ring (bicyclic) bond motifs is 1. The lowest BCUT2D eigenvalue weighted by Crippen LogP contribution is -2.37. The zero-order valence-corrected chi connectivity index (χ0v) is 7.60. The summed E-state index contributed by atoms with van der Waals surface area (Å²) in [5.74, 6) is -0.773. The average Bonchev–Trinajstić information content (AvgIpc) is 2.41. The smallest absolute Gasteiger partial charge is 0.351 e. The summed E-state index contributed by atoms with van der Waals surface area (Å²) < 4.78 is 2.04. The Morgan fingerprint density at radius 3 is 2.71 bits per heavy atom. The van der Waals surface area contributed by atoms with Crippen LogP contribution in [0.3, 0.4) is 0 Å². The van der Waals surface area contributed by atoms with Crippen LogP contribution in [0, 0.1) is 5.21 Å². The molecule has 0 aliphatic carbocycles. The summed E-state index contributed by atoms with van der Waals surface area (Å²) in [7, 11) is 1.64. The van der Waals surface area contributed by atoms with Gasteiger partial charge in [-0.1, -0.05) is 12.1 Å². The summed E-state index contributed by atoms with van der Waals surface area (Å²) in [4.78, 5) is 11.0. The van der Waals surface area contributed by atoms with Gasteiger partial charge in [0.2, 0.25) is 0 Å². The summed E-state index contributed by atoms with van der Waals surface area (Å²) >= 11 is 0. The Morgan fingerprint density at radius 2 is 2.14 bits per heavy atom. The number of aryl methyl sites for hydroxylation is 1. The van der Waals surface area contributed by atoms with Gasteiger partial charge in [-0.05, 0) is 12.1 Å². The Morgan fingerprint density at radius 1 is 1.50 bits per heavy atom. The van der Waals surface area contributed by atoms with Crippen LogP contribution < -0.4 is 10.5 Å². The van der Waals surface area contributed by atoms with Crippen molar-refractivity contribution < 1.29 is 9.52 Å². The first-order chi connectivity index (χ1) is 6.63. The van der Waals surface area contributed by atoms with Crippen LogP contribution in [0.15, 0.2) is 24.3 Å². The van der Waals surface area contributed by atoms with E-state index >= 15 is 0 Å². The molecule has 72 valence electrons. The molecule has 0 atom stereocenters. The normalized spacial score (nSPS) is 10.6. The highest BCUT2D eigenvalue weighted by Crippen LogP contribution is 2.11. The van der Waals surface area contributed by atoms with Crippen LogP contribution in [0.25, 0.3) is 11.0 Å². The molecular formula is C9H9N3O2. The topological polar surface area (TPSA) is 75.0 Å². The molecule has 0 fully saturated rings. The van der Waals surface area contributed by atoms with E-state index in [0.717, 1.165) is 0 Å². The van der Waals surface area contributed by atoms with Crippen molar-refractivity contribution in [2.45, 2.75) is 0 Å². The largest absolute Gasteiger partial charge is 0.710 e. The van der Waals surface area contributed by atoms with Crippen LogP contribution in [-0.2, 0) is 7.05 Å². The SMILES string of the molecule is Cn1c(C(N)=O)[n+]([O-])c2ccccc21. The van der Waals surface area contributed by atoms with E-state index in [9.17, 15) is 10.0 Å². The molecule has 0 unspecified atom stereocenters. The molecule has 2 rings (SSSR count). The third-order valence-electron chi connectivity index (χ3n) is 2.19. The van der Waals surface area contributed by atoms with Gasteiger partial charge in [-0.25, -0.2) is 9.30 Å². The lowest BCUT2D eigenvalue weighted by Gasteiger charge is -1.99. The van der Waals surface area contributed by atoms with E-state index in [2.05, 4.69) is 0 Å². The minimum Gasteiger partial charge on any atom is -0.710 e. The van der Waals surface area contributed by atoms with Crippen LogP contribution in [0.5, 0.6) is 0 Å². The first-order valence-electron chi connectivity index (χ1n) is 4.09. The van der Waals surface area contributed by atoms with Crippen molar-refractivity contribution in [3.8, 4) is 0 Å². The van der Waals surface area contributed by atoms with Crippen molar-refractivity contribution >= 4 is 16.9 Å². The molecule has 0 saturated heterocycles. The number of para-hydroxylation sites is 2. The molecule has 1 aromatic heterocycles.